The van der Waals surface area contributed by atoms with Crippen molar-refractivity contribution in [1.29, 1.82) is 0 Å². The molecular weight excluding hydrogens is 524 g/mol. The number of nitrogens with one attached hydrogen (secondary N) is 1. The van der Waals surface area contributed by atoms with Crippen molar-refractivity contribution in [3.8, 4) is 17.2 Å². The molecule has 6 heteroatoms. The molecule has 0 amide bonds. The number of aryl methyl sites for hydroxylation is 1. The molecule has 4 aromatic rings. The molecule has 1 aromatic heterocycles. The molecule has 0 aliphatic carbocycles. The van der Waals surface area contributed by atoms with E-state index >= 15 is 0 Å². The third-order valence-corrected chi connectivity index (χ3v) is 7.02. The molecule has 0 aliphatic heterocycles. The number of rotatable bonds is 16. The third-order valence-electron chi connectivity index (χ3n) is 7.02. The van der Waals surface area contributed by atoms with Crippen LogP contribution >= 0.6 is 0 Å². The third kappa shape index (κ3) is 9.23. The van der Waals surface area contributed by atoms with Crippen LogP contribution in [0, 0.1) is 12.8 Å². The average Bonchev–Trinajstić information content (AvgIpc) is 2.99. The van der Waals surface area contributed by atoms with E-state index in [9.17, 15) is 4.79 Å². The van der Waals surface area contributed by atoms with Crippen LogP contribution in [0.2, 0.25) is 0 Å². The van der Waals surface area contributed by atoms with E-state index in [-0.39, 0.29) is 5.69 Å². The second-order valence-electron chi connectivity index (χ2n) is 11.2. The number of benzene rings is 3. The van der Waals surface area contributed by atoms with E-state index in [1.807, 2.05) is 43.3 Å². The van der Waals surface area contributed by atoms with E-state index in [1.54, 1.807) is 18.2 Å². The molecule has 4 rings (SSSR count). The number of hydrogen-bond donors (Lipinski definition) is 1. The Bertz CT molecular complexity index is 1420. The Morgan fingerprint density at radius 2 is 1.60 bits per heavy atom. The van der Waals surface area contributed by atoms with Gasteiger partial charge in [0.1, 0.15) is 17.2 Å². The predicted octanol–water partition coefficient (Wildman–Crippen LogP) is 9.15. The van der Waals surface area contributed by atoms with Gasteiger partial charge >= 0.3 is 5.97 Å². The Balaban J connectivity index is 1.43. The number of fused-ring (bicyclic) bond motifs is 1. The lowest BCUT2D eigenvalue weighted by atomic mass is 10.1. The highest BCUT2D eigenvalue weighted by Crippen LogP contribution is 2.32. The lowest BCUT2D eigenvalue weighted by Gasteiger charge is -2.16. The summed E-state index contributed by atoms with van der Waals surface area (Å²) in [6.45, 7) is 10.4. The number of pyridine rings is 1. The number of carbonyl (C=O) groups excluding carboxylic acids is 1. The molecule has 3 aromatic carbocycles. The normalized spacial score (nSPS) is 11.1. The summed E-state index contributed by atoms with van der Waals surface area (Å²) in [5.74, 6) is 1.81. The standard InChI is InChI=1S/C36H44N2O4/c1-5-6-7-8-9-13-20-40-29-18-16-28(17-19-29)24-37-32-22-31-33(21-27(32)4)38-34(23-35(31)41-25-26(2)3)36(39)42-30-14-11-10-12-15-30/h10-12,14-19,21-23,26,37H,5-9,13,20,24-25H2,1-4H3. The zero-order chi connectivity index (χ0) is 29.7. The zero-order valence-electron chi connectivity index (χ0n) is 25.4. The number of carbonyl (C=O) groups is 1. The van der Waals surface area contributed by atoms with Gasteiger partial charge in [-0.25, -0.2) is 9.78 Å². The van der Waals surface area contributed by atoms with Crippen LogP contribution in [0.1, 0.15) is 80.9 Å². The van der Waals surface area contributed by atoms with Gasteiger partial charge in [-0.15, -0.1) is 0 Å². The molecule has 1 heterocycles. The van der Waals surface area contributed by atoms with Crippen LogP contribution in [0.4, 0.5) is 5.69 Å². The van der Waals surface area contributed by atoms with Crippen molar-refractivity contribution in [2.45, 2.75) is 72.8 Å². The quantitative estimate of drug-likeness (QED) is 0.0826. The summed E-state index contributed by atoms with van der Waals surface area (Å²) in [7, 11) is 0. The van der Waals surface area contributed by atoms with Crippen molar-refractivity contribution in [2.24, 2.45) is 5.92 Å². The number of hydrogen-bond acceptors (Lipinski definition) is 6. The molecule has 0 bridgehead atoms. The van der Waals surface area contributed by atoms with E-state index in [0.717, 1.165) is 41.0 Å². The first kappa shape index (κ1) is 30.9. The lowest BCUT2D eigenvalue weighted by molar-refractivity contribution is 0.0728. The number of para-hydroxylation sites is 1. The summed E-state index contributed by atoms with van der Waals surface area (Å²) in [4.78, 5) is 17.6. The summed E-state index contributed by atoms with van der Waals surface area (Å²) in [6, 6.07) is 23.0. The maximum absolute atomic E-state index is 12.9. The first-order valence-electron chi connectivity index (χ1n) is 15.2. The minimum absolute atomic E-state index is 0.212. The Morgan fingerprint density at radius 1 is 0.857 bits per heavy atom. The van der Waals surface area contributed by atoms with E-state index in [2.05, 4.69) is 49.3 Å². The molecule has 0 fully saturated rings. The zero-order valence-corrected chi connectivity index (χ0v) is 25.4. The molecule has 0 unspecified atom stereocenters. The first-order chi connectivity index (χ1) is 20.4. The number of nitrogens with zero attached hydrogens (tertiary/aromatic N) is 1. The molecule has 0 radical (unpaired) electrons. The fraction of sp³-hybridized carbons (Fsp3) is 0.389. The monoisotopic (exact) mass is 568 g/mol. The highest BCUT2D eigenvalue weighted by molar-refractivity contribution is 5.96. The molecule has 6 nitrogen and oxygen atoms in total. The van der Waals surface area contributed by atoms with Gasteiger partial charge in [-0.1, -0.05) is 83.2 Å². The second-order valence-corrected chi connectivity index (χ2v) is 11.2. The van der Waals surface area contributed by atoms with Crippen LogP contribution in [0.25, 0.3) is 10.9 Å². The summed E-state index contributed by atoms with van der Waals surface area (Å²) >= 11 is 0. The SMILES string of the molecule is CCCCCCCCOc1ccc(CNc2cc3c(OCC(C)C)cc(C(=O)Oc4ccccc4)nc3cc2C)cc1. The number of unbranched alkanes of at least 4 members (excludes halogenated alkanes) is 5. The van der Waals surface area contributed by atoms with Gasteiger partial charge < -0.3 is 19.5 Å². The highest BCUT2D eigenvalue weighted by Gasteiger charge is 2.17. The van der Waals surface area contributed by atoms with Gasteiger partial charge in [0.2, 0.25) is 0 Å². The fourth-order valence-electron chi connectivity index (χ4n) is 4.64. The maximum Gasteiger partial charge on any atom is 0.362 e. The van der Waals surface area contributed by atoms with E-state index < -0.39 is 5.97 Å². The number of anilines is 1. The minimum atomic E-state index is -0.517. The van der Waals surface area contributed by atoms with Gasteiger partial charge in [0, 0.05) is 23.7 Å². The van der Waals surface area contributed by atoms with Gasteiger partial charge in [-0.05, 0) is 66.8 Å². The van der Waals surface area contributed by atoms with Gasteiger partial charge in [-0.3, -0.25) is 0 Å². The van der Waals surface area contributed by atoms with Gasteiger partial charge in [0.05, 0.1) is 18.7 Å². The second kappa shape index (κ2) is 15.8. The van der Waals surface area contributed by atoms with E-state index in [0.29, 0.717) is 36.1 Å². The Labute approximate surface area is 250 Å². The van der Waals surface area contributed by atoms with Crippen molar-refractivity contribution in [1.82, 2.24) is 4.98 Å². The molecule has 0 spiro atoms. The number of aromatic nitrogens is 1. The summed E-state index contributed by atoms with van der Waals surface area (Å²) in [5, 5.41) is 4.41. The number of ether oxygens (including phenoxy) is 3. The summed E-state index contributed by atoms with van der Waals surface area (Å²) in [5.41, 5.74) is 4.07. The van der Waals surface area contributed by atoms with Crippen LogP contribution in [-0.2, 0) is 6.54 Å². The van der Waals surface area contributed by atoms with Crippen LogP contribution in [0.3, 0.4) is 0 Å². The molecule has 1 N–H and O–H groups in total. The van der Waals surface area contributed by atoms with E-state index in [4.69, 9.17) is 14.2 Å². The Morgan fingerprint density at radius 3 is 2.33 bits per heavy atom. The average molecular weight is 569 g/mol. The summed E-state index contributed by atoms with van der Waals surface area (Å²) < 4.78 is 17.7. The van der Waals surface area contributed by atoms with Gasteiger partial charge in [0.25, 0.3) is 0 Å². The minimum Gasteiger partial charge on any atom is -0.494 e. The van der Waals surface area contributed by atoms with Crippen molar-refractivity contribution in [3.63, 3.8) is 0 Å². The molecular formula is C36H44N2O4. The lowest BCUT2D eigenvalue weighted by Crippen LogP contribution is -2.12. The molecule has 0 atom stereocenters. The van der Waals surface area contributed by atoms with E-state index in [1.165, 1.54) is 32.1 Å². The Hall–Kier alpha value is -4.06. The predicted molar refractivity (Wildman–Crippen MR) is 171 cm³/mol. The molecule has 0 saturated heterocycles. The summed E-state index contributed by atoms with van der Waals surface area (Å²) in [6.07, 6.45) is 7.54. The van der Waals surface area contributed by atoms with Crippen molar-refractivity contribution in [3.05, 3.63) is 89.6 Å². The molecule has 42 heavy (non-hydrogen) atoms. The smallest absolute Gasteiger partial charge is 0.362 e. The highest BCUT2D eigenvalue weighted by atomic mass is 16.5. The number of esters is 1. The molecule has 0 saturated carbocycles. The van der Waals surface area contributed by atoms with Gasteiger partial charge in [0.15, 0.2) is 5.69 Å². The van der Waals surface area contributed by atoms with Crippen molar-refractivity contribution >= 4 is 22.6 Å². The maximum atomic E-state index is 12.9. The largest absolute Gasteiger partial charge is 0.494 e. The van der Waals surface area contributed by atoms with Crippen molar-refractivity contribution < 1.29 is 19.0 Å². The molecule has 0 aliphatic rings. The van der Waals surface area contributed by atoms with Crippen molar-refractivity contribution in [2.75, 3.05) is 18.5 Å². The Kier molecular flexibility index (Phi) is 11.6. The topological polar surface area (TPSA) is 69.7 Å². The molecule has 222 valence electrons. The first-order valence-corrected chi connectivity index (χ1v) is 15.2. The van der Waals surface area contributed by atoms with Crippen LogP contribution in [0.5, 0.6) is 17.2 Å². The van der Waals surface area contributed by atoms with Gasteiger partial charge in [-0.2, -0.15) is 0 Å². The van der Waals surface area contributed by atoms with Crippen LogP contribution < -0.4 is 19.5 Å². The van der Waals surface area contributed by atoms with Crippen LogP contribution in [-0.4, -0.2) is 24.2 Å². The van der Waals surface area contributed by atoms with Crippen LogP contribution in [0.15, 0.2) is 72.8 Å². The fourth-order valence-corrected chi connectivity index (χ4v) is 4.64.